The molecule has 8 rings (SSSR count). The van der Waals surface area contributed by atoms with Crippen LogP contribution in [0.4, 0.5) is 15.9 Å². The van der Waals surface area contributed by atoms with Gasteiger partial charge < -0.3 is 20.3 Å². The molecule has 4 heterocycles. The van der Waals surface area contributed by atoms with E-state index in [1.165, 1.54) is 0 Å². The first-order valence-corrected chi connectivity index (χ1v) is 16.5. The average molecular weight is 636 g/mol. The van der Waals surface area contributed by atoms with Gasteiger partial charge in [0.15, 0.2) is 5.67 Å². The van der Waals surface area contributed by atoms with Crippen molar-refractivity contribution in [2.24, 2.45) is 13.0 Å². The van der Waals surface area contributed by atoms with Crippen molar-refractivity contribution in [2.45, 2.75) is 68.8 Å². The fraction of sp³-hybridized carbons (Fsp3) is 0.417. The van der Waals surface area contributed by atoms with Gasteiger partial charge in [-0.05, 0) is 74.3 Å². The molecule has 2 aliphatic carbocycles. The van der Waals surface area contributed by atoms with Gasteiger partial charge in [0.05, 0.1) is 36.3 Å². The Labute approximate surface area is 272 Å². The molecule has 47 heavy (non-hydrogen) atoms. The van der Waals surface area contributed by atoms with Crippen LogP contribution in [0.3, 0.4) is 0 Å². The number of benzene rings is 2. The number of nitrogens with zero attached hydrogens (tertiary/aromatic N) is 5. The van der Waals surface area contributed by atoms with Gasteiger partial charge in [0, 0.05) is 42.4 Å². The summed E-state index contributed by atoms with van der Waals surface area (Å²) >= 11 is 0. The lowest BCUT2D eigenvalue weighted by molar-refractivity contribution is -0.131. The van der Waals surface area contributed by atoms with Crippen molar-refractivity contribution in [3.05, 3.63) is 78.2 Å². The van der Waals surface area contributed by atoms with Crippen molar-refractivity contribution < 1.29 is 18.7 Å². The lowest BCUT2D eigenvalue weighted by atomic mass is 9.85. The summed E-state index contributed by atoms with van der Waals surface area (Å²) in [4.78, 5) is 38.6. The molecule has 10 nitrogen and oxygen atoms in total. The number of hydrogen-bond acceptors (Lipinski definition) is 7. The summed E-state index contributed by atoms with van der Waals surface area (Å²) in [5, 5.41) is 10.2. The minimum Gasteiger partial charge on any atom is -0.374 e. The van der Waals surface area contributed by atoms with Crippen LogP contribution in [-0.4, -0.2) is 68.6 Å². The first kappa shape index (κ1) is 29.7. The maximum atomic E-state index is 15.0. The molecule has 1 unspecified atom stereocenters. The van der Waals surface area contributed by atoms with Crippen molar-refractivity contribution in [3.8, 4) is 22.5 Å². The van der Waals surface area contributed by atoms with E-state index in [9.17, 15) is 9.59 Å². The molecule has 2 saturated carbocycles. The number of hydrogen-bond donors (Lipinski definition) is 2. The Balaban J connectivity index is 1.08. The van der Waals surface area contributed by atoms with Crippen LogP contribution in [0.25, 0.3) is 22.5 Å². The van der Waals surface area contributed by atoms with Crippen molar-refractivity contribution in [2.75, 3.05) is 23.4 Å². The molecule has 4 aliphatic rings. The van der Waals surface area contributed by atoms with Crippen LogP contribution in [0.15, 0.2) is 67.1 Å². The smallest absolute Gasteiger partial charge is 0.258 e. The van der Waals surface area contributed by atoms with E-state index in [0.717, 1.165) is 65.3 Å². The van der Waals surface area contributed by atoms with Crippen LogP contribution in [0.1, 0.15) is 49.1 Å². The Morgan fingerprint density at radius 2 is 1.87 bits per heavy atom. The fourth-order valence-corrected chi connectivity index (χ4v) is 7.26. The summed E-state index contributed by atoms with van der Waals surface area (Å²) in [6, 6.07) is 16.9. The third-order valence-electron chi connectivity index (χ3n) is 10.1. The number of nitrogens with one attached hydrogen (secondary N) is 2. The van der Waals surface area contributed by atoms with Gasteiger partial charge in [0.2, 0.25) is 5.91 Å². The largest absolute Gasteiger partial charge is 0.374 e. The molecule has 2 saturated heterocycles. The lowest BCUT2D eigenvalue weighted by Gasteiger charge is -2.29. The first-order chi connectivity index (χ1) is 22.8. The number of aryl methyl sites for hydroxylation is 2. The fourth-order valence-electron chi connectivity index (χ4n) is 7.26. The molecule has 0 radical (unpaired) electrons. The zero-order valence-electron chi connectivity index (χ0n) is 26.5. The van der Waals surface area contributed by atoms with E-state index in [1.54, 1.807) is 6.33 Å². The van der Waals surface area contributed by atoms with Crippen LogP contribution in [0.5, 0.6) is 0 Å². The maximum absolute atomic E-state index is 15.0. The number of amides is 2. The van der Waals surface area contributed by atoms with Crippen LogP contribution < -0.4 is 15.5 Å². The number of ether oxygens (including phenoxy) is 1. The van der Waals surface area contributed by atoms with Crippen LogP contribution in [0.2, 0.25) is 0 Å². The zero-order chi connectivity index (χ0) is 32.3. The van der Waals surface area contributed by atoms with E-state index in [2.05, 4.69) is 30.6 Å². The molecule has 4 aromatic rings. The van der Waals surface area contributed by atoms with Gasteiger partial charge in [0.25, 0.3) is 5.91 Å². The molecule has 242 valence electrons. The van der Waals surface area contributed by atoms with E-state index in [1.807, 2.05) is 79.4 Å². The van der Waals surface area contributed by atoms with Gasteiger partial charge in [-0.3, -0.25) is 14.3 Å². The van der Waals surface area contributed by atoms with Crippen LogP contribution in [-0.2, 0) is 21.4 Å². The van der Waals surface area contributed by atoms with Crippen molar-refractivity contribution in [1.29, 1.82) is 0 Å². The second-order valence-corrected chi connectivity index (χ2v) is 13.5. The highest BCUT2D eigenvalue weighted by Gasteiger charge is 2.53. The first-order valence-electron chi connectivity index (χ1n) is 16.5. The predicted molar refractivity (Wildman–Crippen MR) is 175 cm³/mol. The van der Waals surface area contributed by atoms with E-state index in [0.29, 0.717) is 18.3 Å². The SMILES string of the molecule is Cc1cnn(C)c1-c1ccc(NC(=O)[C@@H](NC(=O)C2(F)CC2)C(c2cccc(-c3cc(N4C[C@@H]5C[C@H]4CO5)ncn3)c2)C2CC2)cc1. The summed E-state index contributed by atoms with van der Waals surface area (Å²) in [6.45, 7) is 3.54. The number of anilines is 2. The third-order valence-corrected chi connectivity index (χ3v) is 10.1. The molecule has 11 heteroatoms. The van der Waals surface area contributed by atoms with Gasteiger partial charge in [-0.1, -0.05) is 30.3 Å². The molecule has 2 amide bonds. The maximum Gasteiger partial charge on any atom is 0.258 e. The predicted octanol–water partition coefficient (Wildman–Crippen LogP) is 4.95. The monoisotopic (exact) mass is 635 g/mol. The second-order valence-electron chi connectivity index (χ2n) is 13.5. The Morgan fingerprint density at radius 3 is 2.53 bits per heavy atom. The quantitative estimate of drug-likeness (QED) is 0.254. The molecule has 2 bridgehead atoms. The molecule has 4 fully saturated rings. The number of carbonyl (C=O) groups is 2. The van der Waals surface area contributed by atoms with Gasteiger partial charge >= 0.3 is 0 Å². The summed E-state index contributed by atoms with van der Waals surface area (Å²) in [5.41, 5.74) is 4.30. The minimum absolute atomic E-state index is 0.173. The van der Waals surface area contributed by atoms with Crippen molar-refractivity contribution in [3.63, 3.8) is 0 Å². The second kappa shape index (κ2) is 11.6. The topological polar surface area (TPSA) is 114 Å². The summed E-state index contributed by atoms with van der Waals surface area (Å²) in [7, 11) is 1.89. The van der Waals surface area contributed by atoms with E-state index < -0.39 is 17.6 Å². The zero-order valence-corrected chi connectivity index (χ0v) is 26.5. The van der Waals surface area contributed by atoms with Crippen molar-refractivity contribution >= 4 is 23.3 Å². The molecule has 2 aromatic heterocycles. The average Bonchev–Trinajstić information content (AvgIpc) is 3.94. The number of aromatic nitrogens is 4. The Bertz CT molecular complexity index is 1810. The molecule has 2 aromatic carbocycles. The number of morpholine rings is 1. The molecule has 0 spiro atoms. The highest BCUT2D eigenvalue weighted by atomic mass is 19.1. The number of alkyl halides is 1. The number of fused-ring (bicyclic) bond motifs is 2. The molecule has 4 atom stereocenters. The lowest BCUT2D eigenvalue weighted by Crippen LogP contribution is -2.51. The standard InChI is InChI=1S/C36H38FN7O3/c1-21-17-40-43(2)33(21)23-8-10-26(11-9-23)41-34(45)32(42-35(46)36(37)12-13-36)31(22-6-7-22)25-5-3-4-24(14-25)29-16-30(39-20-38-29)44-18-28-15-27(44)19-47-28/h3-5,8-11,14,16-17,20,22,27-28,31-32H,6-7,12-13,15,18-19H2,1-2H3,(H,41,45)(H,42,46)/t27-,28-,31?,32-/m0/s1. The molecular formula is C36H38FN7O3. The Morgan fingerprint density at radius 1 is 1.06 bits per heavy atom. The third kappa shape index (κ3) is 5.77. The number of rotatable bonds is 10. The number of carbonyl (C=O) groups excluding carboxylic acids is 2. The van der Waals surface area contributed by atoms with Crippen LogP contribution >= 0.6 is 0 Å². The normalized spacial score (nSPS) is 22.1. The highest BCUT2D eigenvalue weighted by molar-refractivity contribution is 6.00. The van der Waals surface area contributed by atoms with Gasteiger partial charge in [-0.2, -0.15) is 5.10 Å². The van der Waals surface area contributed by atoms with Crippen LogP contribution in [0, 0.1) is 12.8 Å². The minimum atomic E-state index is -1.91. The summed E-state index contributed by atoms with van der Waals surface area (Å²) < 4.78 is 22.6. The van der Waals surface area contributed by atoms with Gasteiger partial charge in [-0.25, -0.2) is 14.4 Å². The van der Waals surface area contributed by atoms with E-state index >= 15 is 4.39 Å². The summed E-state index contributed by atoms with van der Waals surface area (Å²) in [5.74, 6) is -0.379. The summed E-state index contributed by atoms with van der Waals surface area (Å²) in [6.07, 6.45) is 6.87. The highest BCUT2D eigenvalue weighted by Crippen LogP contribution is 2.46. The molecule has 2 aliphatic heterocycles. The number of halogens is 1. The van der Waals surface area contributed by atoms with Gasteiger partial charge in [-0.15, -0.1) is 0 Å². The Hall–Kier alpha value is -4.64. The Kier molecular flexibility index (Phi) is 7.31. The molecule has 2 N–H and O–H groups in total. The van der Waals surface area contributed by atoms with E-state index in [4.69, 9.17) is 4.74 Å². The molecular weight excluding hydrogens is 597 g/mol. The van der Waals surface area contributed by atoms with Gasteiger partial charge in [0.1, 0.15) is 18.2 Å². The van der Waals surface area contributed by atoms with Crippen molar-refractivity contribution in [1.82, 2.24) is 25.1 Å². The van der Waals surface area contributed by atoms with E-state index in [-0.39, 0.29) is 36.7 Å².